The van der Waals surface area contributed by atoms with Crippen LogP contribution in [0.4, 0.5) is 0 Å². The molecule has 3 N–H and O–H groups in total. The summed E-state index contributed by atoms with van der Waals surface area (Å²) in [6.07, 6.45) is 1.02. The quantitative estimate of drug-likeness (QED) is 0.605. The first kappa shape index (κ1) is 15.9. The van der Waals surface area contributed by atoms with Crippen LogP contribution < -0.4 is 10.0 Å². The fourth-order valence-corrected chi connectivity index (χ4v) is 2.97. The first-order valence-corrected chi connectivity index (χ1v) is 7.83. The van der Waals surface area contributed by atoms with E-state index in [1.54, 1.807) is 0 Å². The Morgan fingerprint density at radius 2 is 1.84 bits per heavy atom. The Bertz CT molecular complexity index is 448. The zero-order valence-electron chi connectivity index (χ0n) is 11.0. The summed E-state index contributed by atoms with van der Waals surface area (Å²) in [6, 6.07) is 0. The summed E-state index contributed by atoms with van der Waals surface area (Å²) in [7, 11) is -2.06. The third kappa shape index (κ3) is 4.46. The van der Waals surface area contributed by atoms with Crippen LogP contribution in [0.25, 0.3) is 0 Å². The first-order valence-electron chi connectivity index (χ1n) is 6.18. The third-order valence-corrected chi connectivity index (χ3v) is 4.80. The van der Waals surface area contributed by atoms with Gasteiger partial charge in [0, 0.05) is 6.54 Å². The van der Waals surface area contributed by atoms with Crippen molar-refractivity contribution in [3.63, 3.8) is 0 Å². The van der Waals surface area contributed by atoms with Crippen molar-refractivity contribution < 1.29 is 23.1 Å². The van der Waals surface area contributed by atoms with E-state index in [4.69, 9.17) is 5.11 Å². The summed E-state index contributed by atoms with van der Waals surface area (Å²) in [4.78, 5) is 22.9. The molecule has 0 aromatic carbocycles. The maximum Gasteiger partial charge on any atom is 0.307 e. The molecule has 0 radical (unpaired) electrons. The van der Waals surface area contributed by atoms with Crippen molar-refractivity contribution in [3.05, 3.63) is 0 Å². The molecular weight excluding hydrogens is 272 g/mol. The minimum Gasteiger partial charge on any atom is -0.481 e. The van der Waals surface area contributed by atoms with Crippen LogP contribution in [-0.4, -0.2) is 44.7 Å². The molecule has 0 aromatic rings. The molecule has 1 rings (SSSR count). The number of hydrogen-bond donors (Lipinski definition) is 3. The maximum atomic E-state index is 11.9. The monoisotopic (exact) mass is 292 g/mol. The van der Waals surface area contributed by atoms with Crippen LogP contribution in [0.1, 0.15) is 19.8 Å². The summed E-state index contributed by atoms with van der Waals surface area (Å²) in [5.74, 6) is -2.59. The predicted octanol–water partition coefficient (Wildman–Crippen LogP) is -0.601. The van der Waals surface area contributed by atoms with Crippen LogP contribution >= 0.6 is 0 Å². The van der Waals surface area contributed by atoms with Gasteiger partial charge < -0.3 is 10.4 Å². The van der Waals surface area contributed by atoms with Gasteiger partial charge in [0.15, 0.2) is 0 Å². The standard InChI is InChI=1S/C11H20N2O5S/c1-7-5-8(9(6-7)11(15)16)10(14)13-3-4-19(17,18)12-2/h7-9,12H,3-6H2,1-2H3,(H,13,14)(H,15,16). The van der Waals surface area contributed by atoms with E-state index in [1.807, 2.05) is 6.92 Å². The van der Waals surface area contributed by atoms with E-state index in [-0.39, 0.29) is 24.1 Å². The zero-order chi connectivity index (χ0) is 14.6. The molecule has 1 fully saturated rings. The lowest BCUT2D eigenvalue weighted by molar-refractivity contribution is -0.146. The lowest BCUT2D eigenvalue weighted by Gasteiger charge is -2.15. The number of sulfonamides is 1. The van der Waals surface area contributed by atoms with Gasteiger partial charge in [-0.15, -0.1) is 0 Å². The second kappa shape index (κ2) is 6.33. The number of rotatable bonds is 6. The van der Waals surface area contributed by atoms with Gasteiger partial charge in [0.25, 0.3) is 0 Å². The number of carbonyl (C=O) groups excluding carboxylic acids is 1. The van der Waals surface area contributed by atoms with Gasteiger partial charge >= 0.3 is 5.97 Å². The van der Waals surface area contributed by atoms with Crippen molar-refractivity contribution in [1.29, 1.82) is 0 Å². The number of carboxylic acid groups (broad SMARTS) is 1. The van der Waals surface area contributed by atoms with Crippen LogP contribution in [0.5, 0.6) is 0 Å². The van der Waals surface area contributed by atoms with E-state index in [0.717, 1.165) is 0 Å². The molecule has 0 bridgehead atoms. The Morgan fingerprint density at radius 1 is 1.26 bits per heavy atom. The second-order valence-electron chi connectivity index (χ2n) is 4.94. The average Bonchev–Trinajstić information content (AvgIpc) is 2.71. The van der Waals surface area contributed by atoms with Crippen molar-refractivity contribution >= 4 is 21.9 Å². The van der Waals surface area contributed by atoms with E-state index in [2.05, 4.69) is 10.0 Å². The van der Waals surface area contributed by atoms with Gasteiger partial charge in [-0.1, -0.05) is 6.92 Å². The largest absolute Gasteiger partial charge is 0.481 e. The van der Waals surface area contributed by atoms with E-state index in [9.17, 15) is 18.0 Å². The summed E-state index contributed by atoms with van der Waals surface area (Å²) in [5, 5.41) is 11.6. The molecule has 3 unspecified atom stereocenters. The highest BCUT2D eigenvalue weighted by Gasteiger charge is 2.41. The van der Waals surface area contributed by atoms with Gasteiger partial charge in [0.2, 0.25) is 15.9 Å². The molecular formula is C11H20N2O5S. The molecule has 0 aromatic heterocycles. The van der Waals surface area contributed by atoms with Crippen LogP contribution in [0.3, 0.4) is 0 Å². The van der Waals surface area contributed by atoms with Gasteiger partial charge in [0.1, 0.15) is 0 Å². The summed E-state index contributed by atoms with van der Waals surface area (Å²) < 4.78 is 24.5. The van der Waals surface area contributed by atoms with Crippen molar-refractivity contribution in [2.24, 2.45) is 17.8 Å². The van der Waals surface area contributed by atoms with Crippen molar-refractivity contribution in [3.8, 4) is 0 Å². The highest BCUT2D eigenvalue weighted by Crippen LogP contribution is 2.36. The Labute approximate surface area is 112 Å². The minimum atomic E-state index is -3.36. The van der Waals surface area contributed by atoms with E-state index >= 15 is 0 Å². The van der Waals surface area contributed by atoms with Crippen LogP contribution in [-0.2, 0) is 19.6 Å². The molecule has 1 amide bonds. The molecule has 0 saturated heterocycles. The van der Waals surface area contributed by atoms with Crippen LogP contribution in [0, 0.1) is 17.8 Å². The van der Waals surface area contributed by atoms with Crippen molar-refractivity contribution in [2.45, 2.75) is 19.8 Å². The molecule has 19 heavy (non-hydrogen) atoms. The molecule has 1 aliphatic rings. The molecule has 8 heteroatoms. The van der Waals surface area contributed by atoms with Crippen LogP contribution in [0.15, 0.2) is 0 Å². The lowest BCUT2D eigenvalue weighted by atomic mass is 9.95. The Balaban J connectivity index is 2.51. The molecule has 0 spiro atoms. The van der Waals surface area contributed by atoms with Gasteiger partial charge in [-0.05, 0) is 25.8 Å². The second-order valence-corrected chi connectivity index (χ2v) is 6.99. The lowest BCUT2D eigenvalue weighted by Crippen LogP contribution is -2.38. The molecule has 0 aliphatic heterocycles. The smallest absolute Gasteiger partial charge is 0.307 e. The summed E-state index contributed by atoms with van der Waals surface area (Å²) >= 11 is 0. The number of amides is 1. The fraction of sp³-hybridized carbons (Fsp3) is 0.818. The van der Waals surface area contributed by atoms with Gasteiger partial charge in [-0.25, -0.2) is 13.1 Å². The Morgan fingerprint density at radius 3 is 2.37 bits per heavy atom. The topological polar surface area (TPSA) is 113 Å². The molecule has 110 valence electrons. The molecule has 1 saturated carbocycles. The van der Waals surface area contributed by atoms with Crippen molar-refractivity contribution in [1.82, 2.24) is 10.0 Å². The molecule has 3 atom stereocenters. The van der Waals surface area contributed by atoms with Crippen molar-refractivity contribution in [2.75, 3.05) is 19.3 Å². The van der Waals surface area contributed by atoms with E-state index in [1.165, 1.54) is 7.05 Å². The number of aliphatic carboxylic acids is 1. The first-order chi connectivity index (χ1) is 8.76. The number of nitrogens with one attached hydrogen (secondary N) is 2. The maximum absolute atomic E-state index is 11.9. The fourth-order valence-electron chi connectivity index (χ4n) is 2.40. The van der Waals surface area contributed by atoms with Gasteiger partial charge in [-0.3, -0.25) is 9.59 Å². The van der Waals surface area contributed by atoms with Gasteiger partial charge in [0.05, 0.1) is 17.6 Å². The summed E-state index contributed by atoms with van der Waals surface area (Å²) in [5.41, 5.74) is 0. The highest BCUT2D eigenvalue weighted by atomic mass is 32.2. The Hall–Kier alpha value is -1.15. The Kier molecular flexibility index (Phi) is 5.30. The SMILES string of the molecule is CNS(=O)(=O)CCNC(=O)C1CC(C)CC1C(=O)O. The molecule has 7 nitrogen and oxygen atoms in total. The highest BCUT2D eigenvalue weighted by molar-refractivity contribution is 7.89. The van der Waals surface area contributed by atoms with E-state index < -0.39 is 27.8 Å². The van der Waals surface area contributed by atoms with Gasteiger partial charge in [-0.2, -0.15) is 0 Å². The zero-order valence-corrected chi connectivity index (χ0v) is 11.9. The minimum absolute atomic E-state index is 0.0147. The number of carboxylic acids is 1. The molecule has 0 heterocycles. The molecule has 1 aliphatic carbocycles. The predicted molar refractivity (Wildman–Crippen MR) is 68.9 cm³/mol. The van der Waals surface area contributed by atoms with Crippen LogP contribution in [0.2, 0.25) is 0 Å². The normalized spacial score (nSPS) is 27.2. The number of carbonyl (C=O) groups is 2. The average molecular weight is 292 g/mol. The van der Waals surface area contributed by atoms with E-state index in [0.29, 0.717) is 12.8 Å². The third-order valence-electron chi connectivity index (χ3n) is 3.43. The number of hydrogen-bond acceptors (Lipinski definition) is 4. The summed E-state index contributed by atoms with van der Waals surface area (Å²) in [6.45, 7) is 1.90.